The molecule has 0 aliphatic rings. The second kappa shape index (κ2) is 5.92. The number of aryl methyl sites for hydroxylation is 2. The molecule has 138 valence electrons. The third kappa shape index (κ3) is 2.20. The number of hydrogen-bond donors (Lipinski definition) is 0. The minimum absolute atomic E-state index is 1.03. The zero-order valence-electron chi connectivity index (χ0n) is 16.5. The third-order valence-corrected chi connectivity index (χ3v) is 6.12. The van der Waals surface area contributed by atoms with Crippen molar-refractivity contribution in [2.24, 2.45) is 0 Å². The molecule has 6 aromatic rings. The Bertz CT molecular complexity index is 1570. The van der Waals surface area contributed by atoms with Crippen LogP contribution in [0.1, 0.15) is 11.1 Å². The van der Waals surface area contributed by atoms with Gasteiger partial charge in [0.2, 0.25) is 0 Å². The number of benzene rings is 4. The standard InChI is InChI=1S/C27H20N2/c1-17-9-3-4-10-19(17)20-15-16-22-26(18(20)2)21-11-5-7-13-24(21)29-25-14-8-6-12-23(25)28-27(22)29/h3-16H,1-2H3. The van der Waals surface area contributed by atoms with Gasteiger partial charge in [0.1, 0.15) is 5.65 Å². The maximum Gasteiger partial charge on any atom is 0.146 e. The lowest BCUT2D eigenvalue weighted by molar-refractivity contribution is 1.31. The lowest BCUT2D eigenvalue weighted by atomic mass is 9.91. The molecular weight excluding hydrogens is 352 g/mol. The summed E-state index contributed by atoms with van der Waals surface area (Å²) in [5.41, 5.74) is 9.61. The molecule has 0 spiro atoms. The van der Waals surface area contributed by atoms with Gasteiger partial charge in [-0.25, -0.2) is 4.98 Å². The van der Waals surface area contributed by atoms with E-state index in [9.17, 15) is 0 Å². The first-order chi connectivity index (χ1) is 14.2. The molecule has 0 N–H and O–H groups in total. The lowest BCUT2D eigenvalue weighted by Crippen LogP contribution is -1.95. The van der Waals surface area contributed by atoms with Gasteiger partial charge < -0.3 is 0 Å². The van der Waals surface area contributed by atoms with E-state index in [4.69, 9.17) is 4.98 Å². The van der Waals surface area contributed by atoms with E-state index in [1.807, 2.05) is 0 Å². The van der Waals surface area contributed by atoms with Crippen molar-refractivity contribution >= 4 is 38.4 Å². The summed E-state index contributed by atoms with van der Waals surface area (Å²) in [6, 6.07) is 30.2. The summed E-state index contributed by atoms with van der Waals surface area (Å²) in [6.45, 7) is 4.43. The fourth-order valence-corrected chi connectivity index (χ4v) is 4.74. The molecule has 29 heavy (non-hydrogen) atoms. The summed E-state index contributed by atoms with van der Waals surface area (Å²) in [6.07, 6.45) is 0. The van der Waals surface area contributed by atoms with Gasteiger partial charge in [0.05, 0.1) is 16.6 Å². The highest BCUT2D eigenvalue weighted by molar-refractivity contribution is 6.16. The molecule has 0 bridgehead atoms. The van der Waals surface area contributed by atoms with Crippen LogP contribution >= 0.6 is 0 Å². The SMILES string of the molecule is Cc1ccccc1-c1ccc2c(c1C)c1ccccc1n1c3ccccc3nc21. The molecule has 0 amide bonds. The van der Waals surface area contributed by atoms with Crippen LogP contribution in [0.2, 0.25) is 0 Å². The molecule has 0 radical (unpaired) electrons. The number of fused-ring (bicyclic) bond motifs is 8. The minimum Gasteiger partial charge on any atom is -0.292 e. The molecule has 0 aliphatic heterocycles. The zero-order chi connectivity index (χ0) is 19.5. The van der Waals surface area contributed by atoms with E-state index in [0.29, 0.717) is 0 Å². The largest absolute Gasteiger partial charge is 0.292 e. The van der Waals surface area contributed by atoms with Crippen LogP contribution in [0.4, 0.5) is 0 Å². The van der Waals surface area contributed by atoms with E-state index in [1.54, 1.807) is 0 Å². The van der Waals surface area contributed by atoms with E-state index in [-0.39, 0.29) is 0 Å². The van der Waals surface area contributed by atoms with Crippen molar-refractivity contribution in [3.05, 3.63) is 96.1 Å². The van der Waals surface area contributed by atoms with Crippen molar-refractivity contribution in [2.45, 2.75) is 13.8 Å². The average Bonchev–Trinajstić information content (AvgIpc) is 3.15. The van der Waals surface area contributed by atoms with Crippen molar-refractivity contribution < 1.29 is 0 Å². The Labute approximate surface area is 169 Å². The maximum atomic E-state index is 5.02. The average molecular weight is 372 g/mol. The smallest absolute Gasteiger partial charge is 0.146 e. The highest BCUT2D eigenvalue weighted by Gasteiger charge is 2.16. The van der Waals surface area contributed by atoms with Gasteiger partial charge in [0.15, 0.2) is 0 Å². The maximum absolute atomic E-state index is 5.02. The Morgan fingerprint density at radius 1 is 0.621 bits per heavy atom. The number of imidazole rings is 1. The predicted octanol–water partition coefficient (Wildman–Crippen LogP) is 7.08. The summed E-state index contributed by atoms with van der Waals surface area (Å²) in [5, 5.41) is 3.77. The first-order valence-electron chi connectivity index (χ1n) is 10.0. The van der Waals surface area contributed by atoms with E-state index < -0.39 is 0 Å². The number of nitrogens with zero attached hydrogens (tertiary/aromatic N) is 2. The summed E-state index contributed by atoms with van der Waals surface area (Å²) in [4.78, 5) is 5.02. The van der Waals surface area contributed by atoms with Gasteiger partial charge >= 0.3 is 0 Å². The van der Waals surface area contributed by atoms with Crippen molar-refractivity contribution in [1.29, 1.82) is 0 Å². The molecule has 4 aromatic carbocycles. The normalized spacial score (nSPS) is 11.8. The van der Waals surface area contributed by atoms with Gasteiger partial charge in [-0.15, -0.1) is 0 Å². The van der Waals surface area contributed by atoms with Crippen molar-refractivity contribution in [1.82, 2.24) is 9.38 Å². The van der Waals surface area contributed by atoms with Crippen molar-refractivity contribution in [3.8, 4) is 11.1 Å². The minimum atomic E-state index is 1.03. The van der Waals surface area contributed by atoms with Gasteiger partial charge in [0, 0.05) is 10.8 Å². The van der Waals surface area contributed by atoms with Gasteiger partial charge in [-0.1, -0.05) is 60.7 Å². The van der Waals surface area contributed by atoms with E-state index in [1.165, 1.54) is 43.9 Å². The molecule has 0 atom stereocenters. The first kappa shape index (κ1) is 16.3. The Morgan fingerprint density at radius 2 is 1.34 bits per heavy atom. The molecule has 6 rings (SSSR count). The van der Waals surface area contributed by atoms with Crippen LogP contribution < -0.4 is 0 Å². The van der Waals surface area contributed by atoms with Crippen LogP contribution in [-0.4, -0.2) is 9.38 Å². The Balaban J connectivity index is 1.86. The third-order valence-electron chi connectivity index (χ3n) is 6.12. The second-order valence-corrected chi connectivity index (χ2v) is 7.75. The molecule has 0 saturated heterocycles. The van der Waals surface area contributed by atoms with Crippen LogP contribution in [0.3, 0.4) is 0 Å². The van der Waals surface area contributed by atoms with Crippen LogP contribution in [0, 0.1) is 13.8 Å². The fourth-order valence-electron chi connectivity index (χ4n) is 4.74. The molecule has 0 unspecified atom stereocenters. The highest BCUT2D eigenvalue weighted by atomic mass is 15.0. The molecule has 2 aromatic heterocycles. The number of para-hydroxylation sites is 3. The second-order valence-electron chi connectivity index (χ2n) is 7.75. The van der Waals surface area contributed by atoms with Gasteiger partial charge in [-0.2, -0.15) is 0 Å². The Morgan fingerprint density at radius 3 is 2.21 bits per heavy atom. The Hall–Kier alpha value is -3.65. The molecular formula is C27H20N2. The quantitative estimate of drug-likeness (QED) is 0.282. The highest BCUT2D eigenvalue weighted by Crippen LogP contribution is 2.38. The van der Waals surface area contributed by atoms with E-state index in [0.717, 1.165) is 16.7 Å². The topological polar surface area (TPSA) is 17.3 Å². The van der Waals surface area contributed by atoms with Crippen LogP contribution in [0.5, 0.6) is 0 Å². The molecule has 0 fully saturated rings. The van der Waals surface area contributed by atoms with Crippen LogP contribution in [0.25, 0.3) is 49.5 Å². The summed E-state index contributed by atoms with van der Waals surface area (Å²) >= 11 is 0. The number of pyridine rings is 1. The summed E-state index contributed by atoms with van der Waals surface area (Å²) in [7, 11) is 0. The monoisotopic (exact) mass is 372 g/mol. The van der Waals surface area contributed by atoms with Gasteiger partial charge in [-0.3, -0.25) is 4.40 Å². The number of aromatic nitrogens is 2. The predicted molar refractivity (Wildman–Crippen MR) is 123 cm³/mol. The van der Waals surface area contributed by atoms with Gasteiger partial charge in [0.25, 0.3) is 0 Å². The Kier molecular flexibility index (Phi) is 3.33. The first-order valence-corrected chi connectivity index (χ1v) is 10.0. The van der Waals surface area contributed by atoms with Crippen LogP contribution in [0.15, 0.2) is 84.9 Å². The van der Waals surface area contributed by atoms with Crippen LogP contribution in [-0.2, 0) is 0 Å². The summed E-state index contributed by atoms with van der Waals surface area (Å²) in [5.74, 6) is 0. The molecule has 0 aliphatic carbocycles. The zero-order valence-corrected chi connectivity index (χ0v) is 16.5. The fraction of sp³-hybridized carbons (Fsp3) is 0.0741. The lowest BCUT2D eigenvalue weighted by Gasteiger charge is -2.15. The molecule has 2 nitrogen and oxygen atoms in total. The number of hydrogen-bond acceptors (Lipinski definition) is 1. The van der Waals surface area contributed by atoms with Crippen molar-refractivity contribution in [2.75, 3.05) is 0 Å². The molecule has 2 heteroatoms. The van der Waals surface area contributed by atoms with E-state index >= 15 is 0 Å². The molecule has 2 heterocycles. The van der Waals surface area contributed by atoms with E-state index in [2.05, 4.69) is 103 Å². The van der Waals surface area contributed by atoms with Crippen molar-refractivity contribution in [3.63, 3.8) is 0 Å². The van der Waals surface area contributed by atoms with Gasteiger partial charge in [-0.05, 0) is 65.8 Å². The summed E-state index contributed by atoms with van der Waals surface area (Å²) < 4.78 is 2.31. The molecule has 0 saturated carbocycles. The number of rotatable bonds is 1.